The number of fused-ring (bicyclic) bond motifs is 2. The van der Waals surface area contributed by atoms with E-state index in [1.165, 1.54) is 24.3 Å². The Morgan fingerprint density at radius 2 is 1.41 bits per heavy atom. The number of aromatic hydroxyl groups is 2. The quantitative estimate of drug-likeness (QED) is 0.107. The number of phenolic OH excluding ortho intramolecular Hbond substituents is 2. The fourth-order valence-electron chi connectivity index (χ4n) is 4.12. The Morgan fingerprint density at radius 1 is 0.824 bits per heavy atom. The number of carbonyl (C=O) groups excluding carboxylic acids is 1. The summed E-state index contributed by atoms with van der Waals surface area (Å²) in [6.45, 7) is 0. The van der Waals surface area contributed by atoms with E-state index in [0.29, 0.717) is 38.6 Å². The Hall–Kier alpha value is -4.78. The Kier molecular flexibility index (Phi) is 5.14. The van der Waals surface area contributed by atoms with Gasteiger partial charge in [-0.3, -0.25) is 14.9 Å². The number of nitro groups is 1. The Morgan fingerprint density at radius 3 is 2.00 bits per heavy atom. The Labute approximate surface area is 193 Å². The van der Waals surface area contributed by atoms with Crippen LogP contribution in [0.25, 0.3) is 33.1 Å². The molecule has 2 N–H and O–H groups in total. The summed E-state index contributed by atoms with van der Waals surface area (Å²) < 4.78 is 5.94. The first-order valence-electron chi connectivity index (χ1n) is 10.5. The average Bonchev–Trinajstić information content (AvgIpc) is 2.82. The summed E-state index contributed by atoms with van der Waals surface area (Å²) in [4.78, 5) is 23.8. The molecule has 1 aromatic heterocycles. The van der Waals surface area contributed by atoms with Gasteiger partial charge in [0, 0.05) is 29.7 Å². The molecule has 7 heteroatoms. The molecule has 4 aromatic carbocycles. The van der Waals surface area contributed by atoms with Gasteiger partial charge in [0.05, 0.1) is 27.8 Å². The highest BCUT2D eigenvalue weighted by molar-refractivity contribution is 6.13. The minimum atomic E-state index is -0.479. The highest BCUT2D eigenvalue weighted by Gasteiger charge is 2.24. The molecule has 0 saturated carbocycles. The van der Waals surface area contributed by atoms with Crippen molar-refractivity contribution in [2.24, 2.45) is 0 Å². The number of rotatable bonds is 5. The molecule has 0 bridgehead atoms. The van der Waals surface area contributed by atoms with E-state index in [1.807, 2.05) is 12.1 Å². The second-order valence-electron chi connectivity index (χ2n) is 7.91. The molecule has 0 unspecified atom stereocenters. The predicted octanol–water partition coefficient (Wildman–Crippen LogP) is 6.28. The van der Waals surface area contributed by atoms with Crippen molar-refractivity contribution in [2.45, 2.75) is 6.42 Å². The summed E-state index contributed by atoms with van der Waals surface area (Å²) in [6, 6.07) is 22.7. The molecular formula is C27H18NO6+. The molecule has 0 radical (unpaired) electrons. The summed E-state index contributed by atoms with van der Waals surface area (Å²) in [7, 11) is 0. The van der Waals surface area contributed by atoms with Gasteiger partial charge in [-0.15, -0.1) is 0 Å². The molecule has 0 saturated heterocycles. The number of nitro benzene ring substituents is 1. The standard InChI is InChI=1S/C27H17NO6/c29-18-9-11-22-25(14-18)34-26-15-19(30)10-12-23(26)27(22)21-4-2-1-3-20(21)24(31)13-16-5-7-17(8-6-16)28(32)33/h1-12,14-15H,13H2,(H-,29,30)/p+1. The van der Waals surface area contributed by atoms with E-state index in [0.717, 1.165) is 5.56 Å². The monoisotopic (exact) mass is 452 g/mol. The van der Waals surface area contributed by atoms with E-state index in [4.69, 9.17) is 4.42 Å². The first-order valence-corrected chi connectivity index (χ1v) is 10.5. The van der Waals surface area contributed by atoms with Gasteiger partial charge in [0.25, 0.3) is 5.69 Å². The third-order valence-electron chi connectivity index (χ3n) is 5.70. The maximum Gasteiger partial charge on any atom is 0.365 e. The van der Waals surface area contributed by atoms with E-state index < -0.39 is 4.92 Å². The first-order chi connectivity index (χ1) is 16.4. The number of nitrogens with zero attached hydrogens (tertiary/aromatic N) is 1. The second kappa shape index (κ2) is 8.29. The second-order valence-corrected chi connectivity index (χ2v) is 7.91. The summed E-state index contributed by atoms with van der Waals surface area (Å²) in [5.74, 6) is -0.0856. The van der Waals surface area contributed by atoms with E-state index in [2.05, 4.69) is 0 Å². The van der Waals surface area contributed by atoms with Crippen LogP contribution in [0.1, 0.15) is 15.9 Å². The molecule has 0 atom stereocenters. The molecule has 0 aliphatic heterocycles. The lowest BCUT2D eigenvalue weighted by molar-refractivity contribution is -0.384. The number of carbonyl (C=O) groups is 1. The van der Waals surface area contributed by atoms with E-state index >= 15 is 0 Å². The van der Waals surface area contributed by atoms with Crippen LogP contribution in [0.4, 0.5) is 5.69 Å². The number of phenols is 2. The molecule has 5 aromatic rings. The summed E-state index contributed by atoms with van der Waals surface area (Å²) in [5, 5.41) is 32.3. The van der Waals surface area contributed by atoms with Crippen molar-refractivity contribution in [1.29, 1.82) is 0 Å². The van der Waals surface area contributed by atoms with Crippen molar-refractivity contribution in [2.75, 3.05) is 0 Å². The van der Waals surface area contributed by atoms with Crippen LogP contribution in [0.2, 0.25) is 0 Å². The van der Waals surface area contributed by atoms with Crippen LogP contribution in [0.15, 0.2) is 89.3 Å². The normalized spacial score (nSPS) is 11.1. The molecule has 0 aliphatic rings. The third kappa shape index (κ3) is 3.80. The van der Waals surface area contributed by atoms with Crippen LogP contribution in [0, 0.1) is 10.1 Å². The maximum absolute atomic E-state index is 13.4. The van der Waals surface area contributed by atoms with Crippen LogP contribution in [0.3, 0.4) is 0 Å². The summed E-state index contributed by atoms with van der Waals surface area (Å²) >= 11 is 0. The number of hydrogen-bond acceptors (Lipinski definition) is 5. The van der Waals surface area contributed by atoms with Crippen molar-refractivity contribution < 1.29 is 24.3 Å². The molecule has 0 fully saturated rings. The lowest BCUT2D eigenvalue weighted by Gasteiger charge is -2.11. The van der Waals surface area contributed by atoms with Gasteiger partial charge in [-0.1, -0.05) is 36.4 Å². The minimum absolute atomic E-state index is 0.0317. The van der Waals surface area contributed by atoms with E-state index in [-0.39, 0.29) is 29.4 Å². The highest BCUT2D eigenvalue weighted by Crippen LogP contribution is 2.40. The van der Waals surface area contributed by atoms with Gasteiger partial charge in [-0.05, 0) is 35.4 Å². The van der Waals surface area contributed by atoms with Crippen LogP contribution in [-0.2, 0) is 6.42 Å². The molecule has 5 rings (SSSR count). The van der Waals surface area contributed by atoms with Crippen molar-refractivity contribution in [1.82, 2.24) is 0 Å². The molecular weight excluding hydrogens is 434 g/mol. The average molecular weight is 452 g/mol. The van der Waals surface area contributed by atoms with Crippen molar-refractivity contribution in [3.8, 4) is 22.6 Å². The molecule has 0 amide bonds. The van der Waals surface area contributed by atoms with Crippen LogP contribution < -0.4 is 0 Å². The molecule has 34 heavy (non-hydrogen) atoms. The predicted molar refractivity (Wildman–Crippen MR) is 128 cm³/mol. The van der Waals surface area contributed by atoms with Gasteiger partial charge < -0.3 is 10.2 Å². The number of hydrogen-bond donors (Lipinski definition) is 2. The number of Topliss-reactive ketones (excluding diaryl/α,β-unsaturated/α-hetero) is 1. The van der Waals surface area contributed by atoms with Gasteiger partial charge >= 0.3 is 11.2 Å². The van der Waals surface area contributed by atoms with Gasteiger partial charge in [0.15, 0.2) is 5.78 Å². The number of non-ortho nitro benzene ring substituents is 1. The van der Waals surface area contributed by atoms with Gasteiger partial charge in [-0.2, -0.15) is 0 Å². The minimum Gasteiger partial charge on any atom is -0.508 e. The number of ketones is 1. The van der Waals surface area contributed by atoms with Crippen molar-refractivity contribution >= 4 is 33.4 Å². The summed E-state index contributed by atoms with van der Waals surface area (Å²) in [6.07, 6.45) is 0.0731. The third-order valence-corrected chi connectivity index (χ3v) is 5.70. The fraction of sp³-hybridized carbons (Fsp3) is 0.0370. The smallest absolute Gasteiger partial charge is 0.365 e. The highest BCUT2D eigenvalue weighted by atomic mass is 16.6. The van der Waals surface area contributed by atoms with Crippen molar-refractivity contribution in [3.63, 3.8) is 0 Å². The zero-order chi connectivity index (χ0) is 23.8. The molecule has 7 nitrogen and oxygen atoms in total. The fourth-order valence-corrected chi connectivity index (χ4v) is 4.12. The van der Waals surface area contributed by atoms with E-state index in [1.54, 1.807) is 48.5 Å². The topological polar surface area (TPSA) is 112 Å². The zero-order valence-electron chi connectivity index (χ0n) is 17.8. The van der Waals surface area contributed by atoms with Gasteiger partial charge in [0.2, 0.25) is 0 Å². The largest absolute Gasteiger partial charge is 0.508 e. The lowest BCUT2D eigenvalue weighted by Crippen LogP contribution is -2.06. The van der Waals surface area contributed by atoms with Crippen LogP contribution in [-0.4, -0.2) is 20.9 Å². The SMILES string of the molecule is O=C(Cc1ccc([N+](=O)[O-])cc1)c1ccccc1-c1c2ccc(O)cc2[o+]c2cc(O)ccc12. The van der Waals surface area contributed by atoms with Gasteiger partial charge in [-0.25, -0.2) is 4.42 Å². The Bertz CT molecular complexity index is 1530. The van der Waals surface area contributed by atoms with Crippen LogP contribution in [0.5, 0.6) is 11.5 Å². The lowest BCUT2D eigenvalue weighted by atomic mass is 9.90. The van der Waals surface area contributed by atoms with Crippen LogP contribution >= 0.6 is 0 Å². The Balaban J connectivity index is 1.67. The molecule has 0 aliphatic carbocycles. The zero-order valence-corrected chi connectivity index (χ0v) is 17.8. The molecule has 1 heterocycles. The first kappa shape index (κ1) is 21.1. The molecule has 166 valence electrons. The molecule has 0 spiro atoms. The number of benzene rings is 4. The maximum atomic E-state index is 13.4. The summed E-state index contributed by atoms with van der Waals surface area (Å²) in [5.41, 5.74) is 3.35. The van der Waals surface area contributed by atoms with E-state index in [9.17, 15) is 25.1 Å². The van der Waals surface area contributed by atoms with Crippen molar-refractivity contribution in [3.05, 3.63) is 106 Å². The van der Waals surface area contributed by atoms with Gasteiger partial charge in [0.1, 0.15) is 11.5 Å².